The number of benzene rings is 6. The van der Waals surface area contributed by atoms with E-state index < -0.39 is 0 Å². The SMILES string of the molecule is N#Cc1c(-n2c3ccccc3c3ccccc32)cccc1-n1c2ccccc2c2c3c(ccc21)sc1ccccc13. The molecule has 6 aromatic carbocycles. The van der Waals surface area contributed by atoms with Gasteiger partial charge in [0.1, 0.15) is 11.6 Å². The molecule has 0 aliphatic heterocycles. The van der Waals surface area contributed by atoms with Gasteiger partial charge in [-0.3, -0.25) is 0 Å². The van der Waals surface area contributed by atoms with E-state index >= 15 is 0 Å². The number of fused-ring (bicyclic) bond motifs is 10. The van der Waals surface area contributed by atoms with E-state index in [1.54, 1.807) is 0 Å². The minimum Gasteiger partial charge on any atom is -0.308 e. The molecule has 3 aromatic heterocycles. The summed E-state index contributed by atoms with van der Waals surface area (Å²) in [6.45, 7) is 0. The summed E-state index contributed by atoms with van der Waals surface area (Å²) in [5.41, 5.74) is 6.82. The standard InChI is InChI=1S/C37H21N3S/c38-22-27-31(39-28-14-5-1-10-23(28)24-11-2-6-15-29(24)39)17-9-18-32(27)40-30-16-7-3-12-25(30)36-33(40)20-21-35-37(36)26-13-4-8-19-34(26)41-35/h1-21H. The Morgan fingerprint density at radius 3 is 1.63 bits per heavy atom. The molecule has 0 bridgehead atoms. The predicted octanol–water partition coefficient (Wildman–Crippen LogP) is 10.1. The molecule has 4 heteroatoms. The summed E-state index contributed by atoms with van der Waals surface area (Å²) in [5, 5.41) is 18.2. The van der Waals surface area contributed by atoms with Gasteiger partial charge in [-0.05, 0) is 48.5 Å². The van der Waals surface area contributed by atoms with Crippen LogP contribution in [0.5, 0.6) is 0 Å². The summed E-state index contributed by atoms with van der Waals surface area (Å²) in [6.07, 6.45) is 0. The molecule has 41 heavy (non-hydrogen) atoms. The fourth-order valence-electron chi connectivity index (χ4n) is 6.73. The lowest BCUT2D eigenvalue weighted by molar-refractivity contribution is 1.12. The minimum atomic E-state index is 0.650. The Hall–Kier alpha value is -5.37. The van der Waals surface area contributed by atoms with Crippen molar-refractivity contribution in [3.8, 4) is 17.4 Å². The highest BCUT2D eigenvalue weighted by Gasteiger charge is 2.22. The fourth-order valence-corrected chi connectivity index (χ4v) is 7.85. The molecule has 0 saturated heterocycles. The maximum absolute atomic E-state index is 10.8. The van der Waals surface area contributed by atoms with Crippen LogP contribution >= 0.6 is 11.3 Å². The molecule has 190 valence electrons. The van der Waals surface area contributed by atoms with Crippen LogP contribution in [0.25, 0.3) is 75.2 Å². The number of rotatable bonds is 2. The summed E-state index contributed by atoms with van der Waals surface area (Å²) < 4.78 is 7.09. The summed E-state index contributed by atoms with van der Waals surface area (Å²) >= 11 is 1.84. The molecule has 0 N–H and O–H groups in total. The van der Waals surface area contributed by atoms with Crippen molar-refractivity contribution in [1.29, 1.82) is 5.26 Å². The van der Waals surface area contributed by atoms with E-state index in [0.717, 1.165) is 33.4 Å². The lowest BCUT2D eigenvalue weighted by atomic mass is 10.1. The largest absolute Gasteiger partial charge is 0.308 e. The average Bonchev–Trinajstić information content (AvgIpc) is 3.68. The van der Waals surface area contributed by atoms with Crippen LogP contribution in [-0.2, 0) is 0 Å². The van der Waals surface area contributed by atoms with E-state index in [1.807, 2.05) is 11.3 Å². The van der Waals surface area contributed by atoms with Gasteiger partial charge in [0.15, 0.2) is 0 Å². The maximum Gasteiger partial charge on any atom is 0.104 e. The molecule has 0 unspecified atom stereocenters. The highest BCUT2D eigenvalue weighted by atomic mass is 32.1. The second kappa shape index (κ2) is 8.32. The highest BCUT2D eigenvalue weighted by Crippen LogP contribution is 2.44. The Morgan fingerprint density at radius 2 is 0.976 bits per heavy atom. The van der Waals surface area contributed by atoms with E-state index in [0.29, 0.717) is 5.56 Å². The predicted molar refractivity (Wildman–Crippen MR) is 173 cm³/mol. The van der Waals surface area contributed by atoms with Crippen molar-refractivity contribution in [1.82, 2.24) is 9.13 Å². The van der Waals surface area contributed by atoms with Gasteiger partial charge in [0.25, 0.3) is 0 Å². The topological polar surface area (TPSA) is 33.6 Å². The van der Waals surface area contributed by atoms with Gasteiger partial charge in [-0.1, -0.05) is 78.9 Å². The van der Waals surface area contributed by atoms with Gasteiger partial charge in [-0.15, -0.1) is 11.3 Å². The van der Waals surface area contributed by atoms with Gasteiger partial charge in [0.05, 0.1) is 33.4 Å². The molecule has 0 spiro atoms. The molecular weight excluding hydrogens is 518 g/mol. The van der Waals surface area contributed by atoms with Crippen LogP contribution in [0.4, 0.5) is 0 Å². The second-order valence-electron chi connectivity index (χ2n) is 10.4. The maximum atomic E-state index is 10.8. The average molecular weight is 540 g/mol. The van der Waals surface area contributed by atoms with Crippen molar-refractivity contribution in [3.63, 3.8) is 0 Å². The van der Waals surface area contributed by atoms with Crippen LogP contribution in [-0.4, -0.2) is 9.13 Å². The Morgan fingerprint density at radius 1 is 0.439 bits per heavy atom. The Balaban J connectivity index is 1.43. The zero-order chi connectivity index (χ0) is 27.1. The van der Waals surface area contributed by atoms with Crippen LogP contribution in [0, 0.1) is 11.3 Å². The van der Waals surface area contributed by atoms with E-state index in [4.69, 9.17) is 0 Å². The number of para-hydroxylation sites is 3. The quantitative estimate of drug-likeness (QED) is 0.215. The molecule has 0 fully saturated rings. The van der Waals surface area contributed by atoms with Crippen LogP contribution < -0.4 is 0 Å². The van der Waals surface area contributed by atoms with Crippen molar-refractivity contribution in [2.75, 3.05) is 0 Å². The molecular formula is C37H21N3S. The number of hydrogen-bond donors (Lipinski definition) is 0. The summed E-state index contributed by atoms with van der Waals surface area (Å²) in [7, 11) is 0. The highest BCUT2D eigenvalue weighted by molar-refractivity contribution is 7.26. The number of nitriles is 1. The van der Waals surface area contributed by atoms with Gasteiger partial charge in [0.2, 0.25) is 0 Å². The smallest absolute Gasteiger partial charge is 0.104 e. The minimum absolute atomic E-state index is 0.650. The van der Waals surface area contributed by atoms with Gasteiger partial charge in [-0.2, -0.15) is 5.26 Å². The molecule has 0 amide bonds. The zero-order valence-corrected chi connectivity index (χ0v) is 22.7. The van der Waals surface area contributed by atoms with E-state index in [2.05, 4.69) is 143 Å². The van der Waals surface area contributed by atoms with Gasteiger partial charge in [0, 0.05) is 41.7 Å². The number of aromatic nitrogens is 2. The van der Waals surface area contributed by atoms with Crippen molar-refractivity contribution in [2.45, 2.75) is 0 Å². The van der Waals surface area contributed by atoms with Crippen LogP contribution in [0.3, 0.4) is 0 Å². The molecule has 0 saturated carbocycles. The summed E-state index contributed by atoms with van der Waals surface area (Å²) in [4.78, 5) is 0. The van der Waals surface area contributed by atoms with Crippen molar-refractivity contribution in [2.24, 2.45) is 0 Å². The van der Waals surface area contributed by atoms with Gasteiger partial charge in [-0.25, -0.2) is 0 Å². The molecule has 3 nitrogen and oxygen atoms in total. The molecule has 0 aliphatic carbocycles. The lowest BCUT2D eigenvalue weighted by Gasteiger charge is -2.15. The summed E-state index contributed by atoms with van der Waals surface area (Å²) in [6, 6.07) is 47.4. The number of nitrogens with zero attached hydrogens (tertiary/aromatic N) is 3. The zero-order valence-electron chi connectivity index (χ0n) is 21.9. The first-order valence-corrected chi connectivity index (χ1v) is 14.5. The first-order valence-electron chi connectivity index (χ1n) is 13.7. The first kappa shape index (κ1) is 22.4. The third kappa shape index (κ3) is 2.96. The Kier molecular flexibility index (Phi) is 4.55. The van der Waals surface area contributed by atoms with Gasteiger partial charge < -0.3 is 9.13 Å². The van der Waals surface area contributed by atoms with Crippen molar-refractivity contribution >= 4 is 75.1 Å². The van der Waals surface area contributed by atoms with E-state index in [1.165, 1.54) is 41.7 Å². The Labute approximate surface area is 239 Å². The first-order chi connectivity index (χ1) is 20.3. The van der Waals surface area contributed by atoms with Crippen LogP contribution in [0.2, 0.25) is 0 Å². The van der Waals surface area contributed by atoms with Crippen molar-refractivity contribution in [3.05, 3.63) is 133 Å². The monoisotopic (exact) mass is 539 g/mol. The second-order valence-corrected chi connectivity index (χ2v) is 11.5. The van der Waals surface area contributed by atoms with Crippen molar-refractivity contribution < 1.29 is 0 Å². The third-order valence-electron chi connectivity index (χ3n) is 8.37. The molecule has 9 aromatic rings. The molecule has 0 aliphatic rings. The number of thiophene rings is 1. The Bertz CT molecular complexity index is 2500. The fraction of sp³-hybridized carbons (Fsp3) is 0. The van der Waals surface area contributed by atoms with Gasteiger partial charge >= 0.3 is 0 Å². The van der Waals surface area contributed by atoms with E-state index in [-0.39, 0.29) is 0 Å². The summed E-state index contributed by atoms with van der Waals surface area (Å²) in [5.74, 6) is 0. The van der Waals surface area contributed by atoms with E-state index in [9.17, 15) is 5.26 Å². The number of hydrogen-bond acceptors (Lipinski definition) is 2. The molecule has 3 heterocycles. The molecule has 0 atom stereocenters. The van der Waals surface area contributed by atoms with Crippen LogP contribution in [0.1, 0.15) is 5.56 Å². The molecule has 0 radical (unpaired) electrons. The lowest BCUT2D eigenvalue weighted by Crippen LogP contribution is -2.03. The third-order valence-corrected chi connectivity index (χ3v) is 9.51. The molecule has 9 rings (SSSR count). The van der Waals surface area contributed by atoms with Crippen LogP contribution in [0.15, 0.2) is 127 Å². The normalized spacial score (nSPS) is 11.9.